The Morgan fingerprint density at radius 2 is 2.05 bits per heavy atom. The maximum Gasteiger partial charge on any atom is 0.224 e. The van der Waals surface area contributed by atoms with Crippen molar-refractivity contribution in [3.8, 4) is 5.75 Å². The lowest BCUT2D eigenvalue weighted by molar-refractivity contribution is 0.414. The molecule has 19 heavy (non-hydrogen) atoms. The molecule has 0 spiro atoms. The Morgan fingerprint density at radius 1 is 1.32 bits per heavy atom. The molecule has 0 saturated carbocycles. The zero-order chi connectivity index (χ0) is 13.7. The van der Waals surface area contributed by atoms with Crippen LogP contribution in [0.2, 0.25) is 5.28 Å². The van der Waals surface area contributed by atoms with Crippen LogP contribution in [0.25, 0.3) is 0 Å². The van der Waals surface area contributed by atoms with Crippen LogP contribution in [0.5, 0.6) is 5.75 Å². The van der Waals surface area contributed by atoms with Crippen LogP contribution in [-0.4, -0.2) is 23.6 Å². The SMILES string of the molecule is COc1ccc(CCNc2nc(Cl)ncc2F)cc1. The average Bonchev–Trinajstić information content (AvgIpc) is 2.43. The second-order valence-corrected chi connectivity index (χ2v) is 4.20. The standard InChI is InChI=1S/C13H13ClFN3O/c1-19-10-4-2-9(3-5-10)6-7-16-12-11(15)8-17-13(14)18-12/h2-5,8H,6-7H2,1H3,(H,16,17,18). The predicted molar refractivity (Wildman–Crippen MR) is 72.2 cm³/mol. The fraction of sp³-hybridized carbons (Fsp3) is 0.231. The maximum absolute atomic E-state index is 13.3. The van der Waals surface area contributed by atoms with Crippen molar-refractivity contribution in [2.45, 2.75) is 6.42 Å². The normalized spacial score (nSPS) is 10.3. The van der Waals surface area contributed by atoms with Gasteiger partial charge in [-0.1, -0.05) is 12.1 Å². The van der Waals surface area contributed by atoms with Gasteiger partial charge in [-0.2, -0.15) is 4.98 Å². The second-order valence-electron chi connectivity index (χ2n) is 3.86. The molecule has 0 aliphatic heterocycles. The summed E-state index contributed by atoms with van der Waals surface area (Å²) in [5.74, 6) is 0.415. The quantitative estimate of drug-likeness (QED) is 0.856. The van der Waals surface area contributed by atoms with E-state index >= 15 is 0 Å². The molecule has 2 aromatic rings. The van der Waals surface area contributed by atoms with Gasteiger partial charge in [-0.3, -0.25) is 0 Å². The fourth-order valence-corrected chi connectivity index (χ4v) is 1.72. The Kier molecular flexibility index (Phi) is 4.52. The van der Waals surface area contributed by atoms with Gasteiger partial charge >= 0.3 is 0 Å². The molecule has 4 nitrogen and oxygen atoms in total. The van der Waals surface area contributed by atoms with Crippen molar-refractivity contribution in [1.29, 1.82) is 0 Å². The summed E-state index contributed by atoms with van der Waals surface area (Å²) < 4.78 is 18.4. The number of ether oxygens (including phenoxy) is 1. The number of anilines is 1. The molecule has 0 radical (unpaired) electrons. The van der Waals surface area contributed by atoms with E-state index in [0.717, 1.165) is 23.9 Å². The lowest BCUT2D eigenvalue weighted by Crippen LogP contribution is -2.08. The Hall–Kier alpha value is -1.88. The van der Waals surface area contributed by atoms with E-state index in [9.17, 15) is 4.39 Å². The van der Waals surface area contributed by atoms with Crippen LogP contribution in [0.1, 0.15) is 5.56 Å². The molecule has 0 fully saturated rings. The lowest BCUT2D eigenvalue weighted by atomic mass is 10.1. The first-order valence-electron chi connectivity index (χ1n) is 5.74. The minimum atomic E-state index is -0.515. The highest BCUT2D eigenvalue weighted by molar-refractivity contribution is 6.28. The van der Waals surface area contributed by atoms with Crippen molar-refractivity contribution in [2.75, 3.05) is 19.0 Å². The van der Waals surface area contributed by atoms with Crippen molar-refractivity contribution in [3.63, 3.8) is 0 Å². The highest BCUT2D eigenvalue weighted by Crippen LogP contribution is 2.14. The molecule has 0 aliphatic carbocycles. The molecule has 6 heteroatoms. The van der Waals surface area contributed by atoms with Gasteiger partial charge in [-0.25, -0.2) is 9.37 Å². The average molecular weight is 282 g/mol. The van der Waals surface area contributed by atoms with Crippen LogP contribution < -0.4 is 10.1 Å². The molecule has 0 saturated heterocycles. The molecule has 2 rings (SSSR count). The third-order valence-electron chi connectivity index (χ3n) is 2.58. The van der Waals surface area contributed by atoms with E-state index in [-0.39, 0.29) is 11.1 Å². The van der Waals surface area contributed by atoms with E-state index in [2.05, 4.69) is 15.3 Å². The smallest absolute Gasteiger partial charge is 0.224 e. The van der Waals surface area contributed by atoms with E-state index < -0.39 is 5.82 Å². The summed E-state index contributed by atoms with van der Waals surface area (Å²) in [6, 6.07) is 7.70. The maximum atomic E-state index is 13.3. The number of aromatic nitrogens is 2. The van der Waals surface area contributed by atoms with Crippen molar-refractivity contribution in [2.24, 2.45) is 0 Å². The number of hydrogen-bond acceptors (Lipinski definition) is 4. The number of halogens is 2. The number of benzene rings is 1. The highest BCUT2D eigenvalue weighted by Gasteiger charge is 2.04. The molecular formula is C13H13ClFN3O. The minimum Gasteiger partial charge on any atom is -0.497 e. The van der Waals surface area contributed by atoms with Gasteiger partial charge in [0.1, 0.15) is 5.75 Å². The van der Waals surface area contributed by atoms with Crippen molar-refractivity contribution >= 4 is 17.4 Å². The molecule has 0 amide bonds. The summed E-state index contributed by atoms with van der Waals surface area (Å²) in [4.78, 5) is 7.33. The second kappa shape index (κ2) is 6.33. The fourth-order valence-electron chi connectivity index (χ4n) is 1.59. The van der Waals surface area contributed by atoms with Crippen LogP contribution in [0, 0.1) is 5.82 Å². The molecular weight excluding hydrogens is 269 g/mol. The monoisotopic (exact) mass is 281 g/mol. The first-order chi connectivity index (χ1) is 9.19. The van der Waals surface area contributed by atoms with Gasteiger partial charge in [-0.15, -0.1) is 0 Å². The molecule has 1 N–H and O–H groups in total. The molecule has 100 valence electrons. The topological polar surface area (TPSA) is 47.0 Å². The van der Waals surface area contributed by atoms with Gasteiger partial charge in [-0.05, 0) is 35.7 Å². The summed E-state index contributed by atoms with van der Waals surface area (Å²) in [6.45, 7) is 0.552. The Morgan fingerprint density at radius 3 is 2.74 bits per heavy atom. The zero-order valence-electron chi connectivity index (χ0n) is 10.4. The van der Waals surface area contributed by atoms with Gasteiger partial charge in [0, 0.05) is 6.54 Å². The van der Waals surface area contributed by atoms with E-state index in [0.29, 0.717) is 6.54 Å². The van der Waals surface area contributed by atoms with E-state index in [1.807, 2.05) is 24.3 Å². The predicted octanol–water partition coefficient (Wildman–Crippen LogP) is 2.93. The molecule has 0 atom stereocenters. The Balaban J connectivity index is 1.90. The van der Waals surface area contributed by atoms with Crippen molar-refractivity contribution in [3.05, 3.63) is 47.1 Å². The largest absolute Gasteiger partial charge is 0.497 e. The zero-order valence-corrected chi connectivity index (χ0v) is 11.1. The van der Waals surface area contributed by atoms with Crippen LogP contribution in [-0.2, 0) is 6.42 Å². The molecule has 0 aliphatic rings. The first kappa shape index (κ1) is 13.5. The Labute approximate surface area is 115 Å². The van der Waals surface area contributed by atoms with E-state index in [1.54, 1.807) is 7.11 Å². The minimum absolute atomic E-state index is 0.0216. The number of nitrogens with one attached hydrogen (secondary N) is 1. The summed E-state index contributed by atoms with van der Waals surface area (Å²) in [7, 11) is 1.62. The molecule has 1 aromatic heterocycles. The first-order valence-corrected chi connectivity index (χ1v) is 6.11. The van der Waals surface area contributed by atoms with E-state index in [1.165, 1.54) is 0 Å². The van der Waals surface area contributed by atoms with E-state index in [4.69, 9.17) is 16.3 Å². The number of rotatable bonds is 5. The summed E-state index contributed by atoms with van der Waals surface area (Å²) in [5.41, 5.74) is 1.12. The summed E-state index contributed by atoms with van der Waals surface area (Å²) in [5, 5.41) is 2.91. The molecule has 0 unspecified atom stereocenters. The molecule has 1 heterocycles. The van der Waals surface area contributed by atoms with Crippen molar-refractivity contribution in [1.82, 2.24) is 9.97 Å². The van der Waals surface area contributed by atoms with Gasteiger partial charge in [0.25, 0.3) is 0 Å². The number of nitrogens with zero attached hydrogens (tertiary/aromatic N) is 2. The van der Waals surface area contributed by atoms with Crippen LogP contribution in [0.15, 0.2) is 30.5 Å². The third-order valence-corrected chi connectivity index (χ3v) is 2.76. The van der Waals surface area contributed by atoms with Gasteiger partial charge in [0.2, 0.25) is 5.28 Å². The van der Waals surface area contributed by atoms with Crippen LogP contribution in [0.4, 0.5) is 10.2 Å². The van der Waals surface area contributed by atoms with Crippen LogP contribution in [0.3, 0.4) is 0 Å². The molecule has 1 aromatic carbocycles. The highest BCUT2D eigenvalue weighted by atomic mass is 35.5. The van der Waals surface area contributed by atoms with Crippen LogP contribution >= 0.6 is 11.6 Å². The summed E-state index contributed by atoms with van der Waals surface area (Å²) in [6.07, 6.45) is 1.79. The van der Waals surface area contributed by atoms with Gasteiger partial charge in [0.15, 0.2) is 11.6 Å². The Bertz CT molecular complexity index is 548. The summed E-state index contributed by atoms with van der Waals surface area (Å²) >= 11 is 5.60. The van der Waals surface area contributed by atoms with Gasteiger partial charge < -0.3 is 10.1 Å². The number of hydrogen-bond donors (Lipinski definition) is 1. The number of methoxy groups -OCH3 is 1. The lowest BCUT2D eigenvalue weighted by Gasteiger charge is -2.07. The third kappa shape index (κ3) is 3.79. The van der Waals surface area contributed by atoms with Crippen molar-refractivity contribution < 1.29 is 9.13 Å². The van der Waals surface area contributed by atoms with Gasteiger partial charge in [0.05, 0.1) is 13.3 Å². The molecule has 0 bridgehead atoms.